The number of hydrogen-bond donors (Lipinski definition) is 2. The van der Waals surface area contributed by atoms with Gasteiger partial charge in [0, 0.05) is 0 Å². The predicted molar refractivity (Wildman–Crippen MR) is 57.0 cm³/mol. The minimum Gasteiger partial charge on any atom is -0.368 e. The van der Waals surface area contributed by atoms with Crippen LogP contribution in [0.4, 0.5) is 17.6 Å². The summed E-state index contributed by atoms with van der Waals surface area (Å²) in [6, 6.07) is 1.29. The highest BCUT2D eigenvalue weighted by Gasteiger charge is 2.35. The van der Waals surface area contributed by atoms with Crippen LogP contribution in [0.3, 0.4) is 0 Å². The summed E-state index contributed by atoms with van der Waals surface area (Å²) < 4.78 is 50.6. The van der Waals surface area contributed by atoms with Crippen molar-refractivity contribution in [1.82, 2.24) is 5.32 Å². The third kappa shape index (κ3) is 3.19. The molecular formula is C11H12F4N2O. The summed E-state index contributed by atoms with van der Waals surface area (Å²) in [4.78, 5) is 11.1. The number of halogens is 4. The molecule has 0 fully saturated rings. The van der Waals surface area contributed by atoms with Crippen molar-refractivity contribution in [2.75, 3.05) is 6.54 Å². The van der Waals surface area contributed by atoms with Gasteiger partial charge in [-0.1, -0.05) is 13.0 Å². The number of alkyl halides is 3. The molecule has 0 spiro atoms. The van der Waals surface area contributed by atoms with Crippen LogP contribution < -0.4 is 11.1 Å². The molecule has 1 rings (SSSR count). The van der Waals surface area contributed by atoms with E-state index in [1.165, 1.54) is 0 Å². The fraction of sp³-hybridized carbons (Fsp3) is 0.364. The fourth-order valence-electron chi connectivity index (χ4n) is 1.53. The van der Waals surface area contributed by atoms with Crippen LogP contribution in [-0.4, -0.2) is 12.5 Å². The molecule has 0 radical (unpaired) electrons. The molecule has 3 nitrogen and oxygen atoms in total. The molecule has 18 heavy (non-hydrogen) atoms. The molecule has 0 aliphatic rings. The van der Waals surface area contributed by atoms with Gasteiger partial charge in [0.05, 0.1) is 5.56 Å². The monoisotopic (exact) mass is 264 g/mol. The second-order valence-corrected chi connectivity index (χ2v) is 3.63. The number of benzene rings is 1. The zero-order chi connectivity index (χ0) is 13.9. The van der Waals surface area contributed by atoms with E-state index in [1.807, 2.05) is 0 Å². The van der Waals surface area contributed by atoms with Crippen LogP contribution in [0, 0.1) is 5.82 Å². The Bertz CT molecular complexity index is 445. The predicted octanol–water partition coefficient (Wildman–Crippen LogP) is 1.98. The first kappa shape index (κ1) is 14.4. The molecule has 1 amide bonds. The molecular weight excluding hydrogens is 252 g/mol. The molecule has 0 heterocycles. The van der Waals surface area contributed by atoms with Gasteiger partial charge < -0.3 is 11.1 Å². The Labute approximate surface area is 101 Å². The molecule has 0 bridgehead atoms. The first-order chi connectivity index (χ1) is 8.27. The lowest BCUT2D eigenvalue weighted by molar-refractivity contribution is -0.140. The number of likely N-dealkylation sites (N-methyl/N-ethyl adjacent to an activating group) is 1. The van der Waals surface area contributed by atoms with Gasteiger partial charge >= 0.3 is 6.18 Å². The van der Waals surface area contributed by atoms with Crippen molar-refractivity contribution < 1.29 is 22.4 Å². The summed E-state index contributed by atoms with van der Waals surface area (Å²) in [6.45, 7) is 2.01. The Morgan fingerprint density at radius 1 is 1.44 bits per heavy atom. The third-order valence-electron chi connectivity index (χ3n) is 2.32. The second kappa shape index (κ2) is 5.34. The van der Waals surface area contributed by atoms with E-state index in [0.717, 1.165) is 6.07 Å². The van der Waals surface area contributed by atoms with Gasteiger partial charge in [-0.15, -0.1) is 0 Å². The SMILES string of the molecule is CCNC(C(N)=O)c1ccc(F)c(C(F)(F)F)c1. The topological polar surface area (TPSA) is 55.1 Å². The zero-order valence-electron chi connectivity index (χ0n) is 9.51. The molecule has 1 atom stereocenters. The number of nitrogens with two attached hydrogens (primary N) is 1. The minimum atomic E-state index is -4.81. The number of amides is 1. The maximum atomic E-state index is 13.1. The Morgan fingerprint density at radius 2 is 2.06 bits per heavy atom. The molecule has 0 aliphatic carbocycles. The summed E-state index contributed by atoms with van der Waals surface area (Å²) in [7, 11) is 0. The molecule has 1 aromatic rings. The Balaban J connectivity index is 3.22. The van der Waals surface area contributed by atoms with Crippen LogP contribution in [0.5, 0.6) is 0 Å². The average molecular weight is 264 g/mol. The van der Waals surface area contributed by atoms with Crippen molar-refractivity contribution in [2.45, 2.75) is 19.1 Å². The lowest BCUT2D eigenvalue weighted by atomic mass is 10.0. The van der Waals surface area contributed by atoms with Crippen LogP contribution in [0.25, 0.3) is 0 Å². The highest BCUT2D eigenvalue weighted by atomic mass is 19.4. The minimum absolute atomic E-state index is 0.0157. The fourth-order valence-corrected chi connectivity index (χ4v) is 1.53. The van der Waals surface area contributed by atoms with Gasteiger partial charge in [0.1, 0.15) is 11.9 Å². The van der Waals surface area contributed by atoms with E-state index >= 15 is 0 Å². The van der Waals surface area contributed by atoms with Crippen molar-refractivity contribution in [3.05, 3.63) is 35.1 Å². The van der Waals surface area contributed by atoms with Crippen molar-refractivity contribution >= 4 is 5.91 Å². The van der Waals surface area contributed by atoms with Gasteiger partial charge in [-0.2, -0.15) is 13.2 Å². The molecule has 1 unspecified atom stereocenters. The first-order valence-corrected chi connectivity index (χ1v) is 5.16. The molecule has 1 aromatic carbocycles. The van der Waals surface area contributed by atoms with E-state index in [1.54, 1.807) is 6.92 Å². The standard InChI is InChI=1S/C11H12F4N2O/c1-2-17-9(10(16)18)6-3-4-8(12)7(5-6)11(13,14)15/h3-5,9,17H,2H2,1H3,(H2,16,18). The van der Waals surface area contributed by atoms with Crippen molar-refractivity contribution in [3.8, 4) is 0 Å². The summed E-state index contributed by atoms with van der Waals surface area (Å²) in [5, 5.41) is 2.63. The first-order valence-electron chi connectivity index (χ1n) is 5.16. The lowest BCUT2D eigenvalue weighted by Crippen LogP contribution is -2.33. The van der Waals surface area contributed by atoms with Crippen molar-refractivity contribution in [2.24, 2.45) is 5.73 Å². The lowest BCUT2D eigenvalue weighted by Gasteiger charge is -2.16. The van der Waals surface area contributed by atoms with E-state index in [2.05, 4.69) is 5.32 Å². The third-order valence-corrected chi connectivity index (χ3v) is 2.32. The van der Waals surface area contributed by atoms with Gasteiger partial charge in [-0.25, -0.2) is 4.39 Å². The zero-order valence-corrected chi connectivity index (χ0v) is 9.51. The molecule has 7 heteroatoms. The Morgan fingerprint density at radius 3 is 2.50 bits per heavy atom. The van der Waals surface area contributed by atoms with E-state index in [0.29, 0.717) is 18.7 Å². The van der Waals surface area contributed by atoms with Crippen molar-refractivity contribution in [3.63, 3.8) is 0 Å². The molecule has 0 saturated heterocycles. The average Bonchev–Trinajstić information content (AvgIpc) is 2.25. The van der Waals surface area contributed by atoms with Gasteiger partial charge in [-0.05, 0) is 24.2 Å². The summed E-state index contributed by atoms with van der Waals surface area (Å²) in [6.07, 6.45) is -4.81. The number of carbonyl (C=O) groups is 1. The highest BCUT2D eigenvalue weighted by molar-refractivity contribution is 5.81. The van der Waals surface area contributed by atoms with Crippen molar-refractivity contribution in [1.29, 1.82) is 0 Å². The quantitative estimate of drug-likeness (QED) is 0.817. The molecule has 100 valence electrons. The normalized spacial score (nSPS) is 13.4. The number of carbonyl (C=O) groups excluding carboxylic acids is 1. The largest absolute Gasteiger partial charge is 0.419 e. The van der Waals surface area contributed by atoms with E-state index in [9.17, 15) is 22.4 Å². The molecule has 0 aromatic heterocycles. The summed E-state index contributed by atoms with van der Waals surface area (Å²) >= 11 is 0. The van der Waals surface area contributed by atoms with Gasteiger partial charge in [0.25, 0.3) is 0 Å². The summed E-state index contributed by atoms with van der Waals surface area (Å²) in [5.41, 5.74) is 3.65. The van der Waals surface area contributed by atoms with Gasteiger partial charge in [0.2, 0.25) is 5.91 Å². The van der Waals surface area contributed by atoms with Gasteiger partial charge in [0.15, 0.2) is 0 Å². The Kier molecular flexibility index (Phi) is 4.28. The van der Waals surface area contributed by atoms with Gasteiger partial charge in [-0.3, -0.25) is 4.79 Å². The van der Waals surface area contributed by atoms with E-state index < -0.39 is 29.5 Å². The van der Waals surface area contributed by atoms with E-state index in [-0.39, 0.29) is 5.56 Å². The molecule has 0 saturated carbocycles. The molecule has 0 aliphatic heterocycles. The van der Waals surface area contributed by atoms with Crippen LogP contribution in [-0.2, 0) is 11.0 Å². The van der Waals surface area contributed by atoms with Crippen LogP contribution >= 0.6 is 0 Å². The van der Waals surface area contributed by atoms with Crippen LogP contribution in [0.15, 0.2) is 18.2 Å². The number of rotatable bonds is 4. The smallest absolute Gasteiger partial charge is 0.368 e. The summed E-state index contributed by atoms with van der Waals surface area (Å²) in [5.74, 6) is -2.21. The van der Waals surface area contributed by atoms with Crippen LogP contribution in [0.2, 0.25) is 0 Å². The number of nitrogens with one attached hydrogen (secondary N) is 1. The van der Waals surface area contributed by atoms with E-state index in [4.69, 9.17) is 5.73 Å². The Hall–Kier alpha value is -1.63. The number of hydrogen-bond acceptors (Lipinski definition) is 2. The number of primary amides is 1. The van der Waals surface area contributed by atoms with Crippen LogP contribution in [0.1, 0.15) is 24.1 Å². The maximum absolute atomic E-state index is 13.1. The molecule has 3 N–H and O–H groups in total. The highest BCUT2D eigenvalue weighted by Crippen LogP contribution is 2.32. The maximum Gasteiger partial charge on any atom is 0.419 e. The second-order valence-electron chi connectivity index (χ2n) is 3.63.